The molecule has 0 aliphatic rings. The molecule has 0 spiro atoms. The second kappa shape index (κ2) is 3.46. The van der Waals surface area contributed by atoms with Crippen LogP contribution in [0, 0.1) is 0 Å². The maximum absolute atomic E-state index is 10.1. The number of carbonyl (C=O) groups is 1. The Balaban J connectivity index is 3.23. The van der Waals surface area contributed by atoms with E-state index in [4.69, 9.17) is 0 Å². The fourth-order valence-corrected chi connectivity index (χ4v) is 0.612. The van der Waals surface area contributed by atoms with Gasteiger partial charge in [0.15, 0.2) is 0 Å². The van der Waals surface area contributed by atoms with E-state index in [0.717, 1.165) is 0 Å². The largest absolute Gasteiger partial charge is 0.290 e. The van der Waals surface area contributed by atoms with Gasteiger partial charge in [0, 0.05) is 6.16 Å². The van der Waals surface area contributed by atoms with Crippen LogP contribution in [-0.4, -0.2) is 17.7 Å². The van der Waals surface area contributed by atoms with Gasteiger partial charge in [0.25, 0.3) is 0 Å². The third kappa shape index (κ3) is 2.50. The molecule has 0 radical (unpaired) electrons. The van der Waals surface area contributed by atoms with Gasteiger partial charge in [-0.3, -0.25) is 4.79 Å². The minimum atomic E-state index is 0.144. The number of rotatable bonds is 2. The summed E-state index contributed by atoms with van der Waals surface area (Å²) in [6.07, 6.45) is 0.531. The Morgan fingerprint density at radius 3 is 2.50 bits per heavy atom. The molecule has 0 amide bonds. The smallest absolute Gasteiger partial charge is 0.200 e. The average molecular weight is 121 g/mol. The lowest BCUT2D eigenvalue weighted by Crippen LogP contribution is -1.95. The zero-order valence-corrected chi connectivity index (χ0v) is 5.66. The molecular weight excluding hydrogens is 114 g/mol. The molecule has 3 heteroatoms. The van der Waals surface area contributed by atoms with Crippen LogP contribution in [0.4, 0.5) is 0 Å². The third-order valence-electron chi connectivity index (χ3n) is 0.387. The summed E-state index contributed by atoms with van der Waals surface area (Å²) in [6, 6.07) is 0. The molecule has 0 heterocycles. The summed E-state index contributed by atoms with van der Waals surface area (Å²) >= 11 is 0. The summed E-state index contributed by atoms with van der Waals surface area (Å²) in [5.41, 5.74) is 0. The molecule has 0 aromatic rings. The number of carbonyl (C=O) groups excluding carboxylic acids is 1. The number of hydrogen-bond acceptors (Lipinski definition) is 1. The topological polar surface area (TPSA) is 17.1 Å². The second-order valence-corrected chi connectivity index (χ2v) is 1.58. The van der Waals surface area contributed by atoms with Crippen molar-refractivity contribution in [3.05, 3.63) is 0 Å². The predicted molar refractivity (Wildman–Crippen MR) is 35.4 cm³/mol. The van der Waals surface area contributed by atoms with Crippen LogP contribution in [-0.2, 0) is 4.79 Å². The monoisotopic (exact) mass is 121 g/mol. The zero-order valence-electron chi connectivity index (χ0n) is 3.35. The van der Waals surface area contributed by atoms with Crippen LogP contribution in [0.3, 0.4) is 0 Å². The Hall–Kier alpha value is 0.270. The van der Waals surface area contributed by atoms with Gasteiger partial charge < -0.3 is 0 Å². The van der Waals surface area contributed by atoms with Crippen molar-refractivity contribution in [2.45, 2.75) is 0 Å². The molecule has 0 aliphatic carbocycles. The summed E-state index contributed by atoms with van der Waals surface area (Å²) < 4.78 is 0. The molecule has 0 N–H and O–H groups in total. The Morgan fingerprint density at radius 1 is 2.00 bits per heavy atom. The highest BCUT2D eigenvalue weighted by Crippen LogP contribution is 1.78. The molecule has 6 heavy (non-hydrogen) atoms. The maximum Gasteiger partial charge on any atom is 0.200 e. The van der Waals surface area contributed by atoms with Crippen LogP contribution >= 0.6 is 18.1 Å². The van der Waals surface area contributed by atoms with E-state index in [1.165, 1.54) is 5.80 Å². The van der Waals surface area contributed by atoms with Gasteiger partial charge in [-0.25, -0.2) is 0 Å². The molecule has 1 nitrogen and oxygen atoms in total. The Bertz CT molecular complexity index is 69.2. The van der Waals surface area contributed by atoms with Gasteiger partial charge in [0.1, 0.15) is 5.80 Å². The van der Waals surface area contributed by atoms with Gasteiger partial charge in [-0.2, -0.15) is 0 Å². The normalized spacial score (nSPS) is 7.50. The van der Waals surface area contributed by atoms with Gasteiger partial charge in [-0.05, 0) is 0 Å². The lowest BCUT2D eigenvalue weighted by atomic mass is 10.5. The van der Waals surface area contributed by atoms with E-state index in [1.54, 1.807) is 0 Å². The first kappa shape index (κ1) is 6.27. The first-order chi connectivity index (χ1) is 2.81. The number of Topliss-reactive ketones (excluding diaryl/α,β-unsaturated/α-hetero) is 1. The van der Waals surface area contributed by atoms with Crippen molar-refractivity contribution in [2.24, 2.45) is 0 Å². The molecule has 2 atom stereocenters. The number of hydrogen-bond donors (Lipinski definition) is 0. The summed E-state index contributed by atoms with van der Waals surface area (Å²) in [4.78, 5) is 10.1. The highest BCUT2D eigenvalue weighted by atomic mass is 31.0. The van der Waals surface area contributed by atoms with E-state index in [0.29, 0.717) is 6.16 Å². The van der Waals surface area contributed by atoms with Crippen LogP contribution in [0.15, 0.2) is 0 Å². The zero-order chi connectivity index (χ0) is 4.99. The number of ketones is 1. The van der Waals surface area contributed by atoms with Crippen molar-refractivity contribution >= 4 is 29.7 Å². The van der Waals surface area contributed by atoms with Crippen LogP contribution in [0.25, 0.3) is 0 Å². The molecule has 0 saturated heterocycles. The van der Waals surface area contributed by atoms with E-state index in [9.17, 15) is 4.79 Å². The van der Waals surface area contributed by atoms with Crippen LogP contribution in [0.5, 0.6) is 0 Å². The molecule has 0 fully saturated rings. The van der Waals surface area contributed by atoms with Crippen LogP contribution < -0.4 is 0 Å². The maximum atomic E-state index is 10.1. The molecule has 0 aromatic carbocycles. The summed E-state index contributed by atoms with van der Waals surface area (Å²) in [6.45, 7) is 0. The first-order valence-corrected chi connectivity index (χ1v) is 3.07. The highest BCUT2D eigenvalue weighted by molar-refractivity contribution is 7.25. The molecule has 2 unspecified atom stereocenters. The van der Waals surface area contributed by atoms with Gasteiger partial charge in [0.2, 0.25) is 5.78 Å². The second-order valence-electron chi connectivity index (χ2n) is 0.837. The summed E-state index contributed by atoms with van der Waals surface area (Å²) in [5.74, 6) is 1.62. The Kier molecular flexibility index (Phi) is 3.62. The van der Waals surface area contributed by atoms with Gasteiger partial charge in [-0.1, -0.05) is 0 Å². The lowest BCUT2D eigenvalue weighted by Gasteiger charge is -1.70. The predicted octanol–water partition coefficient (Wildman–Crippen LogP) is 0.108. The van der Waals surface area contributed by atoms with Crippen molar-refractivity contribution in [1.29, 1.82) is 0 Å². The SMILES string of the molecule is O=C(C=[PH2+])CP. The minimum Gasteiger partial charge on any atom is -0.290 e. The van der Waals surface area contributed by atoms with Crippen LogP contribution in [0.2, 0.25) is 0 Å². The fourth-order valence-electron chi connectivity index (χ4n) is 0.0680. The van der Waals surface area contributed by atoms with Crippen molar-refractivity contribution in [3.8, 4) is 0 Å². The molecule has 0 aromatic heterocycles. The molecule has 34 valence electrons. The van der Waals surface area contributed by atoms with E-state index in [1.807, 2.05) is 0 Å². The molecule has 0 saturated carbocycles. The van der Waals surface area contributed by atoms with Crippen molar-refractivity contribution in [1.82, 2.24) is 0 Å². The standard InChI is InChI=1S/C3H6OP2/c4-3(1-5)2-6/h1,5H,2,6H2/p+1. The average Bonchev–Trinajstić information content (AvgIpc) is 1.65. The highest BCUT2D eigenvalue weighted by Gasteiger charge is 1.87. The molecule has 0 rings (SSSR count). The fraction of sp³-hybridized carbons (Fsp3) is 0.333. The van der Waals surface area contributed by atoms with E-state index >= 15 is 0 Å². The van der Waals surface area contributed by atoms with E-state index < -0.39 is 0 Å². The third-order valence-corrected chi connectivity index (χ3v) is 1.16. The quantitative estimate of drug-likeness (QED) is 0.474. The minimum absolute atomic E-state index is 0.144. The summed E-state index contributed by atoms with van der Waals surface area (Å²) in [7, 11) is 4.60. The van der Waals surface area contributed by atoms with Crippen molar-refractivity contribution < 1.29 is 4.79 Å². The first-order valence-electron chi connectivity index (χ1n) is 1.59. The Labute approximate surface area is 41.5 Å². The van der Waals surface area contributed by atoms with Gasteiger partial charge >= 0.3 is 0 Å². The molecule has 0 bridgehead atoms. The van der Waals surface area contributed by atoms with Gasteiger partial charge in [0.05, 0.1) is 8.86 Å². The Morgan fingerprint density at radius 2 is 2.50 bits per heavy atom. The van der Waals surface area contributed by atoms with E-state index in [2.05, 4.69) is 18.1 Å². The van der Waals surface area contributed by atoms with E-state index in [-0.39, 0.29) is 5.78 Å². The lowest BCUT2D eigenvalue weighted by molar-refractivity contribution is -0.110. The van der Waals surface area contributed by atoms with Gasteiger partial charge in [-0.15, -0.1) is 9.24 Å². The summed E-state index contributed by atoms with van der Waals surface area (Å²) in [5, 5.41) is 0. The van der Waals surface area contributed by atoms with Crippen molar-refractivity contribution in [2.75, 3.05) is 6.16 Å². The molecule has 0 aliphatic heterocycles. The van der Waals surface area contributed by atoms with Crippen LogP contribution in [0.1, 0.15) is 0 Å². The molecular formula is C3H7OP2+. The van der Waals surface area contributed by atoms with Crippen molar-refractivity contribution in [3.63, 3.8) is 0 Å².